The smallest absolute Gasteiger partial charge is 0.323 e. The number of amides is 1. The number of anilines is 1. The molecular weight excluding hydrogens is 637 g/mol. The van der Waals surface area contributed by atoms with Gasteiger partial charge in [-0.2, -0.15) is 13.9 Å². The lowest BCUT2D eigenvalue weighted by molar-refractivity contribution is -0.119. The minimum Gasteiger partial charge on any atom is -0.323 e. The van der Waals surface area contributed by atoms with Gasteiger partial charge in [0.1, 0.15) is 0 Å². The van der Waals surface area contributed by atoms with Crippen LogP contribution in [0.25, 0.3) is 28.1 Å². The number of aromatic nitrogens is 7. The zero-order chi connectivity index (χ0) is 31.1. The zero-order valence-electron chi connectivity index (χ0n) is 23.0. The monoisotopic (exact) mass is 658 g/mol. The summed E-state index contributed by atoms with van der Waals surface area (Å²) in [6.45, 7) is -1.19. The Balaban J connectivity index is 1.48. The molecule has 0 radical (unpaired) electrons. The molecule has 2 bridgehead atoms. The van der Waals surface area contributed by atoms with Crippen molar-refractivity contribution in [1.82, 2.24) is 34.3 Å². The van der Waals surface area contributed by atoms with Crippen LogP contribution in [-0.4, -0.2) is 40.2 Å². The lowest BCUT2D eigenvalue weighted by Crippen LogP contribution is -2.27. The van der Waals surface area contributed by atoms with Crippen molar-refractivity contribution >= 4 is 46.4 Å². The van der Waals surface area contributed by atoms with Crippen LogP contribution in [0.4, 0.5) is 14.5 Å². The molecule has 4 aromatic heterocycles. The van der Waals surface area contributed by atoms with Crippen LogP contribution in [0.15, 0.2) is 66.0 Å². The van der Waals surface area contributed by atoms with Gasteiger partial charge in [-0.15, -0.1) is 5.10 Å². The van der Waals surface area contributed by atoms with Gasteiger partial charge in [0.05, 0.1) is 46.2 Å². The highest BCUT2D eigenvalue weighted by molar-refractivity contribution is 6.34. The maximum absolute atomic E-state index is 14.0. The summed E-state index contributed by atoms with van der Waals surface area (Å²) in [5, 5.41) is 15.2. The number of carbonyl (C=O) groups excluding carboxylic acids is 1. The topological polar surface area (TPSA) is 113 Å². The Bertz CT molecular complexity index is 1940. The number of benzene rings is 1. The number of nitrogens with one attached hydrogen (secondary N) is 1. The molecule has 10 nitrogen and oxygen atoms in total. The van der Waals surface area contributed by atoms with E-state index in [-0.39, 0.29) is 33.0 Å². The van der Waals surface area contributed by atoms with Crippen molar-refractivity contribution in [3.05, 3.63) is 92.4 Å². The standard InChI is InChI=1S/C29H23Cl3F2N8O2/c1-15-3-2-4-24(21-9-16(7-8-35-21)27-22(37-28(15)44)12-36-42(27)29(33)34)40-13-20(31)18(11-26(40)43)19-10-17(30)5-6-23(19)41-14-25(32)38-39-41/h5-15,24,29H,2-4H2,1H3,(H,37,44)/t15-,24+/m1/s1. The number of fused-ring (bicyclic) bond motifs is 4. The van der Waals surface area contributed by atoms with E-state index in [4.69, 9.17) is 34.8 Å². The van der Waals surface area contributed by atoms with Crippen LogP contribution in [0.2, 0.25) is 15.2 Å². The molecule has 5 heterocycles. The highest BCUT2D eigenvalue weighted by Gasteiger charge is 2.26. The van der Waals surface area contributed by atoms with Crippen molar-refractivity contribution in [3.63, 3.8) is 0 Å². The molecule has 0 saturated heterocycles. The van der Waals surface area contributed by atoms with Gasteiger partial charge in [-0.3, -0.25) is 14.6 Å². The summed E-state index contributed by atoms with van der Waals surface area (Å²) in [4.78, 5) is 31.2. The summed E-state index contributed by atoms with van der Waals surface area (Å²) in [5.74, 6) is -0.750. The van der Waals surface area contributed by atoms with E-state index in [9.17, 15) is 18.4 Å². The molecule has 0 spiro atoms. The first kappa shape index (κ1) is 29.9. The third-order valence-corrected chi connectivity index (χ3v) is 8.23. The van der Waals surface area contributed by atoms with Crippen LogP contribution in [-0.2, 0) is 4.79 Å². The van der Waals surface area contributed by atoms with E-state index in [1.54, 1.807) is 37.3 Å². The number of halogens is 5. The molecule has 6 rings (SSSR count). The number of hydrogen-bond acceptors (Lipinski definition) is 6. The largest absolute Gasteiger partial charge is 0.333 e. The molecule has 1 aliphatic heterocycles. The predicted octanol–water partition coefficient (Wildman–Crippen LogP) is 7.06. The first-order valence-corrected chi connectivity index (χ1v) is 14.7. The average Bonchev–Trinajstić information content (AvgIpc) is 3.62. The first-order valence-electron chi connectivity index (χ1n) is 13.5. The minimum atomic E-state index is -2.95. The first-order chi connectivity index (χ1) is 21.1. The summed E-state index contributed by atoms with van der Waals surface area (Å²) in [5.41, 5.74) is 2.10. The second-order valence-electron chi connectivity index (χ2n) is 10.4. The van der Waals surface area contributed by atoms with Gasteiger partial charge in [0, 0.05) is 46.1 Å². The van der Waals surface area contributed by atoms with E-state index in [1.807, 2.05) is 0 Å². The van der Waals surface area contributed by atoms with E-state index in [1.165, 1.54) is 40.1 Å². The third kappa shape index (κ3) is 5.72. The molecule has 44 heavy (non-hydrogen) atoms. The number of alkyl halides is 2. The summed E-state index contributed by atoms with van der Waals surface area (Å²) < 4.78 is 31.4. The minimum absolute atomic E-state index is 0.0333. The molecule has 2 atom stereocenters. The van der Waals surface area contributed by atoms with Crippen LogP contribution in [0.1, 0.15) is 44.5 Å². The molecule has 1 aromatic carbocycles. The Morgan fingerprint density at radius 1 is 1.02 bits per heavy atom. The summed E-state index contributed by atoms with van der Waals surface area (Å²) in [7, 11) is 0. The molecule has 1 amide bonds. The molecule has 0 unspecified atom stereocenters. The molecule has 15 heteroatoms. The van der Waals surface area contributed by atoms with Gasteiger partial charge >= 0.3 is 6.55 Å². The maximum atomic E-state index is 14.0. The van der Waals surface area contributed by atoms with E-state index < -0.39 is 18.5 Å². The van der Waals surface area contributed by atoms with Gasteiger partial charge in [0.15, 0.2) is 5.15 Å². The second-order valence-corrected chi connectivity index (χ2v) is 11.6. The molecule has 226 valence electrons. The number of hydrogen-bond donors (Lipinski definition) is 1. The van der Waals surface area contributed by atoms with Crippen LogP contribution < -0.4 is 10.9 Å². The number of pyridine rings is 2. The molecule has 0 saturated carbocycles. The van der Waals surface area contributed by atoms with Crippen LogP contribution in [0, 0.1) is 5.92 Å². The fraction of sp³-hybridized carbons (Fsp3) is 0.241. The summed E-state index contributed by atoms with van der Waals surface area (Å²) >= 11 is 19.2. The van der Waals surface area contributed by atoms with Crippen molar-refractivity contribution in [2.24, 2.45) is 5.92 Å². The molecule has 1 aliphatic rings. The molecular formula is C29H23Cl3F2N8O2. The zero-order valence-corrected chi connectivity index (χ0v) is 25.2. The van der Waals surface area contributed by atoms with Crippen molar-refractivity contribution in [2.75, 3.05) is 5.32 Å². The highest BCUT2D eigenvalue weighted by Crippen LogP contribution is 2.37. The fourth-order valence-corrected chi connectivity index (χ4v) is 5.92. The number of carbonyl (C=O) groups is 1. The Labute approximate surface area is 264 Å². The number of nitrogens with zero attached hydrogens (tertiary/aromatic N) is 7. The van der Waals surface area contributed by atoms with Crippen molar-refractivity contribution < 1.29 is 13.6 Å². The van der Waals surface area contributed by atoms with Crippen LogP contribution in [0.5, 0.6) is 0 Å². The maximum Gasteiger partial charge on any atom is 0.333 e. The van der Waals surface area contributed by atoms with Crippen molar-refractivity contribution in [2.45, 2.75) is 38.8 Å². The van der Waals surface area contributed by atoms with E-state index in [0.29, 0.717) is 57.0 Å². The van der Waals surface area contributed by atoms with Gasteiger partial charge in [-0.1, -0.05) is 53.4 Å². The second kappa shape index (κ2) is 12.1. The molecule has 0 fully saturated rings. The molecule has 1 N–H and O–H groups in total. The van der Waals surface area contributed by atoms with E-state index in [2.05, 4.69) is 25.7 Å². The SMILES string of the molecule is C[C@@H]1CCC[C@H](n2cc(Cl)c(-c3cc(Cl)ccc3-n3cc(Cl)nn3)cc2=O)c2cc(ccn2)-c2c(cnn2C(F)F)NC1=O. The van der Waals surface area contributed by atoms with E-state index >= 15 is 0 Å². The van der Waals surface area contributed by atoms with Gasteiger partial charge in [0.2, 0.25) is 5.91 Å². The predicted molar refractivity (Wildman–Crippen MR) is 163 cm³/mol. The van der Waals surface area contributed by atoms with Gasteiger partial charge < -0.3 is 9.88 Å². The van der Waals surface area contributed by atoms with Gasteiger partial charge in [-0.25, -0.2) is 9.36 Å². The average molecular weight is 660 g/mol. The highest BCUT2D eigenvalue weighted by atomic mass is 35.5. The Morgan fingerprint density at radius 3 is 2.59 bits per heavy atom. The van der Waals surface area contributed by atoms with Gasteiger partial charge in [-0.05, 0) is 43.2 Å². The Morgan fingerprint density at radius 2 is 1.84 bits per heavy atom. The van der Waals surface area contributed by atoms with Crippen molar-refractivity contribution in [1.29, 1.82) is 0 Å². The van der Waals surface area contributed by atoms with Gasteiger partial charge in [0.25, 0.3) is 5.56 Å². The Kier molecular flexibility index (Phi) is 8.23. The van der Waals surface area contributed by atoms with Crippen molar-refractivity contribution in [3.8, 4) is 28.1 Å². The lowest BCUT2D eigenvalue weighted by Gasteiger charge is -2.23. The number of rotatable bonds is 4. The lowest BCUT2D eigenvalue weighted by atomic mass is 9.96. The van der Waals surface area contributed by atoms with E-state index in [0.717, 1.165) is 0 Å². The quantitative estimate of drug-likeness (QED) is 0.221. The summed E-state index contributed by atoms with van der Waals surface area (Å²) in [6.07, 6.45) is 7.18. The normalized spacial score (nSPS) is 17.1. The van der Waals surface area contributed by atoms with Crippen LogP contribution >= 0.6 is 34.8 Å². The third-order valence-electron chi connectivity index (χ3n) is 7.53. The fourth-order valence-electron chi connectivity index (χ4n) is 5.36. The molecule has 5 aromatic rings. The summed E-state index contributed by atoms with van der Waals surface area (Å²) in [6, 6.07) is 8.99. The van der Waals surface area contributed by atoms with Crippen LogP contribution in [0.3, 0.4) is 0 Å². The molecule has 0 aliphatic carbocycles. The Hall–Kier alpha value is -4.13.